The summed E-state index contributed by atoms with van der Waals surface area (Å²) < 4.78 is 0. The molecule has 2 amide bonds. The molecule has 0 bridgehead atoms. The molecule has 1 aromatic carbocycles. The molecule has 0 saturated carbocycles. The van der Waals surface area contributed by atoms with Gasteiger partial charge in [-0.1, -0.05) is 12.1 Å². The Kier molecular flexibility index (Phi) is 7.68. The number of likely N-dealkylation sites (N-methyl/N-ethyl adjacent to an activating group) is 1. The van der Waals surface area contributed by atoms with Crippen LogP contribution in [0, 0.1) is 0 Å². The van der Waals surface area contributed by atoms with Crippen molar-refractivity contribution < 1.29 is 9.90 Å². The van der Waals surface area contributed by atoms with Crippen molar-refractivity contribution in [2.45, 2.75) is 25.9 Å². The fraction of sp³-hybridized carbons (Fsp3) is 0.632. The Labute approximate surface area is 151 Å². The molecule has 0 aliphatic carbocycles. The second-order valence-corrected chi connectivity index (χ2v) is 7.08. The van der Waals surface area contributed by atoms with Crippen molar-refractivity contribution in [3.05, 3.63) is 29.8 Å². The van der Waals surface area contributed by atoms with Crippen molar-refractivity contribution in [2.24, 2.45) is 0 Å². The van der Waals surface area contributed by atoms with E-state index < -0.39 is 6.10 Å². The van der Waals surface area contributed by atoms with Crippen molar-refractivity contribution >= 4 is 11.7 Å². The first-order valence-electron chi connectivity index (χ1n) is 9.14. The number of hydrogen-bond donors (Lipinski definition) is 2. The Morgan fingerprint density at radius 1 is 1.24 bits per heavy atom. The normalized spacial score (nSPS) is 17.3. The van der Waals surface area contributed by atoms with Crippen LogP contribution in [0.5, 0.6) is 0 Å². The molecule has 1 saturated heterocycles. The number of nitrogens with one attached hydrogen (secondary N) is 1. The molecule has 1 aliphatic rings. The summed E-state index contributed by atoms with van der Waals surface area (Å²) in [7, 11) is 3.91. The molecular formula is C19H32N4O2. The maximum atomic E-state index is 12.1. The Balaban J connectivity index is 1.74. The molecule has 1 atom stereocenters. The fourth-order valence-corrected chi connectivity index (χ4v) is 2.81. The van der Waals surface area contributed by atoms with Gasteiger partial charge in [-0.05, 0) is 44.5 Å². The van der Waals surface area contributed by atoms with E-state index in [-0.39, 0.29) is 6.03 Å². The lowest BCUT2D eigenvalue weighted by atomic mass is 10.1. The van der Waals surface area contributed by atoms with E-state index >= 15 is 0 Å². The minimum absolute atomic E-state index is 0.147. The van der Waals surface area contributed by atoms with E-state index in [2.05, 4.69) is 34.3 Å². The van der Waals surface area contributed by atoms with Crippen LogP contribution in [0.4, 0.5) is 10.5 Å². The minimum Gasteiger partial charge on any atom is -0.393 e. The van der Waals surface area contributed by atoms with Gasteiger partial charge in [0.2, 0.25) is 0 Å². The van der Waals surface area contributed by atoms with Gasteiger partial charge in [0.05, 0.1) is 6.10 Å². The lowest BCUT2D eigenvalue weighted by molar-refractivity contribution is 0.155. The zero-order valence-corrected chi connectivity index (χ0v) is 15.7. The Morgan fingerprint density at radius 2 is 1.88 bits per heavy atom. The van der Waals surface area contributed by atoms with E-state index in [4.69, 9.17) is 0 Å². The minimum atomic E-state index is -0.394. The van der Waals surface area contributed by atoms with Gasteiger partial charge < -0.3 is 25.1 Å². The summed E-state index contributed by atoms with van der Waals surface area (Å²) in [6.45, 7) is 7.93. The Bertz CT molecular complexity index is 525. The van der Waals surface area contributed by atoms with E-state index in [1.54, 1.807) is 18.9 Å². The molecule has 2 N–H and O–H groups in total. The van der Waals surface area contributed by atoms with Crippen molar-refractivity contribution in [2.75, 3.05) is 58.7 Å². The number of rotatable bonds is 7. The van der Waals surface area contributed by atoms with Crippen molar-refractivity contribution in [1.29, 1.82) is 0 Å². The van der Waals surface area contributed by atoms with Crippen LogP contribution in [0.3, 0.4) is 0 Å². The van der Waals surface area contributed by atoms with Gasteiger partial charge in [0.25, 0.3) is 0 Å². The largest absolute Gasteiger partial charge is 0.393 e. The quantitative estimate of drug-likeness (QED) is 0.788. The molecule has 0 radical (unpaired) electrons. The van der Waals surface area contributed by atoms with Crippen molar-refractivity contribution in [3.8, 4) is 0 Å². The third-order valence-electron chi connectivity index (χ3n) is 4.75. The predicted molar refractivity (Wildman–Crippen MR) is 102 cm³/mol. The number of amides is 2. The number of urea groups is 1. The highest BCUT2D eigenvalue weighted by Gasteiger charge is 2.13. The lowest BCUT2D eigenvalue weighted by Crippen LogP contribution is -2.45. The standard InChI is InChI=1S/C19H32N4O2/c1-16(24)8-10-22(3)19(25)20-18-6-4-17(5-7-18)9-11-23-14-12-21(2)13-15-23/h4-7,16,24H,8-15H2,1-3H3,(H,20,25). The molecular weight excluding hydrogens is 316 g/mol. The number of nitrogens with zero attached hydrogens (tertiary/aromatic N) is 3. The smallest absolute Gasteiger partial charge is 0.321 e. The number of aliphatic hydroxyl groups is 1. The van der Waals surface area contributed by atoms with Crippen molar-refractivity contribution in [1.82, 2.24) is 14.7 Å². The molecule has 6 heteroatoms. The van der Waals surface area contributed by atoms with Crippen LogP contribution < -0.4 is 5.32 Å². The first-order valence-corrected chi connectivity index (χ1v) is 9.14. The van der Waals surface area contributed by atoms with Gasteiger partial charge in [-0.2, -0.15) is 0 Å². The molecule has 1 unspecified atom stereocenters. The van der Waals surface area contributed by atoms with Gasteiger partial charge in [-0.3, -0.25) is 0 Å². The maximum Gasteiger partial charge on any atom is 0.321 e. The molecule has 1 fully saturated rings. The number of anilines is 1. The number of benzene rings is 1. The average Bonchev–Trinajstić information content (AvgIpc) is 2.60. The highest BCUT2D eigenvalue weighted by molar-refractivity contribution is 5.89. The summed E-state index contributed by atoms with van der Waals surface area (Å²) in [5.41, 5.74) is 2.09. The number of carbonyl (C=O) groups is 1. The Morgan fingerprint density at radius 3 is 2.48 bits per heavy atom. The van der Waals surface area contributed by atoms with Crippen LogP contribution in [0.15, 0.2) is 24.3 Å². The molecule has 2 rings (SSSR count). The van der Waals surface area contributed by atoms with E-state index in [0.29, 0.717) is 13.0 Å². The molecule has 1 aromatic rings. The lowest BCUT2D eigenvalue weighted by Gasteiger charge is -2.32. The summed E-state index contributed by atoms with van der Waals surface area (Å²) in [5.74, 6) is 0. The van der Waals surface area contributed by atoms with Crippen LogP contribution in [0.2, 0.25) is 0 Å². The molecule has 1 heterocycles. The first kappa shape index (κ1) is 19.7. The Hall–Kier alpha value is -1.63. The van der Waals surface area contributed by atoms with Gasteiger partial charge in [0.15, 0.2) is 0 Å². The monoisotopic (exact) mass is 348 g/mol. The number of hydrogen-bond acceptors (Lipinski definition) is 4. The molecule has 25 heavy (non-hydrogen) atoms. The van der Waals surface area contributed by atoms with Crippen molar-refractivity contribution in [3.63, 3.8) is 0 Å². The van der Waals surface area contributed by atoms with Gasteiger partial charge in [-0.15, -0.1) is 0 Å². The third-order valence-corrected chi connectivity index (χ3v) is 4.75. The van der Waals surface area contributed by atoms with Crippen LogP contribution in [0.25, 0.3) is 0 Å². The molecule has 0 spiro atoms. The van der Waals surface area contributed by atoms with E-state index in [0.717, 1.165) is 44.8 Å². The molecule has 1 aliphatic heterocycles. The van der Waals surface area contributed by atoms with Crippen LogP contribution in [-0.2, 0) is 6.42 Å². The zero-order valence-electron chi connectivity index (χ0n) is 15.7. The second kappa shape index (κ2) is 9.75. The second-order valence-electron chi connectivity index (χ2n) is 7.08. The predicted octanol–water partition coefficient (Wildman–Crippen LogP) is 1.71. The van der Waals surface area contributed by atoms with E-state index in [1.807, 2.05) is 12.1 Å². The van der Waals surface area contributed by atoms with Gasteiger partial charge in [0.1, 0.15) is 0 Å². The molecule has 0 aromatic heterocycles. The van der Waals surface area contributed by atoms with E-state index in [1.165, 1.54) is 5.56 Å². The number of aliphatic hydroxyl groups excluding tert-OH is 1. The van der Waals surface area contributed by atoms with Crippen LogP contribution in [0.1, 0.15) is 18.9 Å². The zero-order chi connectivity index (χ0) is 18.2. The number of piperazine rings is 1. The highest BCUT2D eigenvalue weighted by Crippen LogP contribution is 2.12. The maximum absolute atomic E-state index is 12.1. The topological polar surface area (TPSA) is 59.1 Å². The van der Waals surface area contributed by atoms with Crippen LogP contribution in [-0.4, -0.2) is 85.3 Å². The van der Waals surface area contributed by atoms with Crippen LogP contribution >= 0.6 is 0 Å². The summed E-state index contributed by atoms with van der Waals surface area (Å²) in [4.78, 5) is 18.6. The SMILES string of the molecule is CC(O)CCN(C)C(=O)Nc1ccc(CCN2CCN(C)CC2)cc1. The summed E-state index contributed by atoms with van der Waals surface area (Å²) in [6, 6.07) is 7.94. The van der Waals surface area contributed by atoms with Gasteiger partial charge in [0, 0.05) is 52.0 Å². The third kappa shape index (κ3) is 7.02. The van der Waals surface area contributed by atoms with E-state index in [9.17, 15) is 9.90 Å². The highest BCUT2D eigenvalue weighted by atomic mass is 16.3. The summed E-state index contributed by atoms with van der Waals surface area (Å²) in [5, 5.41) is 12.2. The summed E-state index contributed by atoms with van der Waals surface area (Å²) in [6.07, 6.45) is 1.22. The average molecular weight is 348 g/mol. The molecule has 6 nitrogen and oxygen atoms in total. The fourth-order valence-electron chi connectivity index (χ4n) is 2.81. The van der Waals surface area contributed by atoms with Gasteiger partial charge >= 0.3 is 6.03 Å². The summed E-state index contributed by atoms with van der Waals surface area (Å²) >= 11 is 0. The van der Waals surface area contributed by atoms with Gasteiger partial charge in [-0.25, -0.2) is 4.79 Å². The number of carbonyl (C=O) groups excluding carboxylic acids is 1. The first-order chi connectivity index (χ1) is 11.9. The molecule has 140 valence electrons.